The molecule has 0 saturated heterocycles. The number of carbonyl (C=O) groups is 1. The van der Waals surface area contributed by atoms with Gasteiger partial charge >= 0.3 is 0 Å². The van der Waals surface area contributed by atoms with Crippen LogP contribution in [-0.2, 0) is 31.2 Å². The molecule has 2 atom stereocenters. The van der Waals surface area contributed by atoms with Crippen LogP contribution >= 0.6 is 0 Å². The van der Waals surface area contributed by atoms with Gasteiger partial charge in [0.25, 0.3) is 5.91 Å². The zero-order chi connectivity index (χ0) is 18.6. The van der Waals surface area contributed by atoms with E-state index in [0.717, 1.165) is 16.8 Å². The van der Waals surface area contributed by atoms with E-state index in [9.17, 15) is 13.6 Å². The van der Waals surface area contributed by atoms with E-state index in [4.69, 9.17) is 4.74 Å². The first-order valence-corrected chi connectivity index (χ1v) is 8.82. The second kappa shape index (κ2) is 6.16. The molecule has 7 heteroatoms. The van der Waals surface area contributed by atoms with Crippen molar-refractivity contribution in [1.82, 2.24) is 14.7 Å². The molecule has 2 aliphatic heterocycles. The van der Waals surface area contributed by atoms with Crippen LogP contribution in [-0.4, -0.2) is 33.2 Å². The summed E-state index contributed by atoms with van der Waals surface area (Å²) in [5.74, 6) is -1.89. The molecule has 0 saturated carbocycles. The first-order valence-electron chi connectivity index (χ1n) is 8.82. The summed E-state index contributed by atoms with van der Waals surface area (Å²) >= 11 is 0. The molecule has 1 aromatic heterocycles. The Balaban J connectivity index is 1.65. The Kier molecular flexibility index (Phi) is 4.06. The summed E-state index contributed by atoms with van der Waals surface area (Å²) in [5, 5.41) is 4.45. The molecule has 0 bridgehead atoms. The number of benzene rings is 1. The Hall–Kier alpha value is -2.28. The number of nitrogens with zero attached hydrogens (tertiary/aromatic N) is 3. The number of halogens is 2. The summed E-state index contributed by atoms with van der Waals surface area (Å²) in [6.07, 6.45) is 1.04. The molecule has 0 aliphatic carbocycles. The molecule has 0 spiro atoms. The third-order valence-electron chi connectivity index (χ3n) is 5.25. The first-order chi connectivity index (χ1) is 12.3. The molecule has 1 aromatic carbocycles. The number of fused-ring (bicyclic) bond motifs is 2. The van der Waals surface area contributed by atoms with E-state index < -0.39 is 11.6 Å². The molecule has 138 valence electrons. The van der Waals surface area contributed by atoms with Gasteiger partial charge in [0.05, 0.1) is 17.9 Å². The molecule has 26 heavy (non-hydrogen) atoms. The fraction of sp³-hybridized carbons (Fsp3) is 0.474. The number of rotatable bonds is 1. The van der Waals surface area contributed by atoms with E-state index in [2.05, 4.69) is 5.10 Å². The Labute approximate surface area is 150 Å². The monoisotopic (exact) mass is 361 g/mol. The van der Waals surface area contributed by atoms with Crippen molar-refractivity contribution in [3.63, 3.8) is 0 Å². The Bertz CT molecular complexity index is 893. The van der Waals surface area contributed by atoms with E-state index in [1.165, 1.54) is 12.1 Å². The summed E-state index contributed by atoms with van der Waals surface area (Å²) < 4.78 is 34.5. The van der Waals surface area contributed by atoms with Gasteiger partial charge in [0, 0.05) is 32.1 Å². The van der Waals surface area contributed by atoms with Crippen molar-refractivity contribution in [2.45, 2.75) is 45.4 Å². The van der Waals surface area contributed by atoms with E-state index in [1.807, 2.05) is 20.9 Å². The highest BCUT2D eigenvalue weighted by Crippen LogP contribution is 2.33. The smallest absolute Gasteiger partial charge is 0.274 e. The van der Waals surface area contributed by atoms with E-state index in [1.54, 1.807) is 9.58 Å². The quantitative estimate of drug-likeness (QED) is 0.785. The van der Waals surface area contributed by atoms with Gasteiger partial charge in [0.1, 0.15) is 0 Å². The summed E-state index contributed by atoms with van der Waals surface area (Å²) in [6.45, 7) is 4.66. The Morgan fingerprint density at radius 3 is 2.65 bits per heavy atom. The van der Waals surface area contributed by atoms with Crippen molar-refractivity contribution in [2.24, 2.45) is 7.05 Å². The van der Waals surface area contributed by atoms with Crippen LogP contribution in [0.4, 0.5) is 8.78 Å². The molecule has 0 fully saturated rings. The molecular weight excluding hydrogens is 340 g/mol. The van der Waals surface area contributed by atoms with Gasteiger partial charge in [0.15, 0.2) is 17.3 Å². The van der Waals surface area contributed by atoms with Crippen molar-refractivity contribution in [3.8, 4) is 0 Å². The standard InChI is InChI=1S/C19H21F2N3O2/c1-10-6-14-17(22-23(3)18(14)11(2)26-10)19(25)24-5-4-12-7-15(20)16(21)8-13(12)9-24/h7-8,10-11H,4-6,9H2,1-3H3/t10-,11+/m1/s1. The number of amides is 1. The predicted molar refractivity (Wildman–Crippen MR) is 90.7 cm³/mol. The SMILES string of the molecule is C[C@@H]1Cc2c(C(=O)N3CCc4cc(F)c(F)cc4C3)nn(C)c2[C@H](C)O1. The lowest BCUT2D eigenvalue weighted by Crippen LogP contribution is -2.37. The molecule has 0 N–H and O–H groups in total. The highest BCUT2D eigenvalue weighted by Gasteiger charge is 2.34. The minimum Gasteiger partial charge on any atom is -0.369 e. The molecule has 1 amide bonds. The maximum atomic E-state index is 13.6. The zero-order valence-corrected chi connectivity index (χ0v) is 15.1. The fourth-order valence-electron chi connectivity index (χ4n) is 4.08. The van der Waals surface area contributed by atoms with Crippen LogP contribution < -0.4 is 0 Å². The maximum Gasteiger partial charge on any atom is 0.274 e. The maximum absolute atomic E-state index is 13.6. The van der Waals surface area contributed by atoms with Crippen LogP contribution in [0.2, 0.25) is 0 Å². The number of aromatic nitrogens is 2. The van der Waals surface area contributed by atoms with Gasteiger partial charge in [-0.1, -0.05) is 0 Å². The second-order valence-electron chi connectivity index (χ2n) is 7.14. The van der Waals surface area contributed by atoms with E-state index in [0.29, 0.717) is 30.6 Å². The Morgan fingerprint density at radius 2 is 1.92 bits per heavy atom. The lowest BCUT2D eigenvalue weighted by molar-refractivity contribution is -0.00907. The van der Waals surface area contributed by atoms with Crippen LogP contribution in [0.5, 0.6) is 0 Å². The van der Waals surface area contributed by atoms with Gasteiger partial charge in [-0.05, 0) is 43.5 Å². The summed E-state index contributed by atoms with van der Waals surface area (Å²) in [5.41, 5.74) is 3.71. The number of carbonyl (C=O) groups excluding carboxylic acids is 1. The molecule has 0 unspecified atom stereocenters. The van der Waals surface area contributed by atoms with Gasteiger partial charge < -0.3 is 9.64 Å². The van der Waals surface area contributed by atoms with Crippen molar-refractivity contribution >= 4 is 5.91 Å². The number of aryl methyl sites for hydroxylation is 1. The summed E-state index contributed by atoms with van der Waals surface area (Å²) in [7, 11) is 1.81. The highest BCUT2D eigenvalue weighted by molar-refractivity contribution is 5.94. The summed E-state index contributed by atoms with van der Waals surface area (Å²) in [4.78, 5) is 14.8. The molecule has 0 radical (unpaired) electrons. The molecular formula is C19H21F2N3O2. The number of ether oxygens (including phenoxy) is 1. The minimum atomic E-state index is -0.881. The first kappa shape index (κ1) is 17.1. The van der Waals surface area contributed by atoms with Crippen molar-refractivity contribution in [1.29, 1.82) is 0 Å². The van der Waals surface area contributed by atoms with Crippen LogP contribution in [0, 0.1) is 11.6 Å². The van der Waals surface area contributed by atoms with Crippen LogP contribution in [0.3, 0.4) is 0 Å². The zero-order valence-electron chi connectivity index (χ0n) is 15.1. The molecule has 3 heterocycles. The third-order valence-corrected chi connectivity index (χ3v) is 5.25. The van der Waals surface area contributed by atoms with Crippen molar-refractivity contribution < 1.29 is 18.3 Å². The second-order valence-corrected chi connectivity index (χ2v) is 7.14. The lowest BCUT2D eigenvalue weighted by atomic mass is 9.97. The fourth-order valence-corrected chi connectivity index (χ4v) is 4.08. The van der Waals surface area contributed by atoms with E-state index >= 15 is 0 Å². The highest BCUT2D eigenvalue weighted by atomic mass is 19.2. The molecule has 2 aromatic rings. The summed E-state index contributed by atoms with van der Waals surface area (Å²) in [6, 6.07) is 2.42. The van der Waals surface area contributed by atoms with Gasteiger partial charge in [-0.25, -0.2) is 8.78 Å². The largest absolute Gasteiger partial charge is 0.369 e. The average Bonchev–Trinajstić information content (AvgIpc) is 2.91. The molecule has 2 aliphatic rings. The number of hydrogen-bond donors (Lipinski definition) is 0. The average molecular weight is 361 g/mol. The van der Waals surface area contributed by atoms with Crippen LogP contribution in [0.1, 0.15) is 52.8 Å². The lowest BCUT2D eigenvalue weighted by Gasteiger charge is -2.30. The Morgan fingerprint density at radius 1 is 1.23 bits per heavy atom. The number of hydrogen-bond acceptors (Lipinski definition) is 3. The van der Waals surface area contributed by atoms with Gasteiger partial charge in [-0.2, -0.15) is 5.10 Å². The normalized spacial score (nSPS) is 22.1. The van der Waals surface area contributed by atoms with Crippen molar-refractivity contribution in [2.75, 3.05) is 6.54 Å². The van der Waals surface area contributed by atoms with Crippen LogP contribution in [0.15, 0.2) is 12.1 Å². The molecule has 5 nitrogen and oxygen atoms in total. The third kappa shape index (κ3) is 2.70. The van der Waals surface area contributed by atoms with Gasteiger partial charge in [0.2, 0.25) is 0 Å². The van der Waals surface area contributed by atoms with Gasteiger partial charge in [-0.3, -0.25) is 9.48 Å². The predicted octanol–water partition coefficient (Wildman–Crippen LogP) is 2.92. The van der Waals surface area contributed by atoms with Gasteiger partial charge in [-0.15, -0.1) is 0 Å². The topological polar surface area (TPSA) is 47.4 Å². The minimum absolute atomic E-state index is 0.0207. The molecule has 4 rings (SSSR count). The van der Waals surface area contributed by atoms with Crippen molar-refractivity contribution in [3.05, 3.63) is 51.8 Å². The van der Waals surface area contributed by atoms with E-state index in [-0.39, 0.29) is 24.7 Å². The van der Waals surface area contributed by atoms with Crippen LogP contribution in [0.25, 0.3) is 0 Å².